The molecule has 1 fully saturated rings. The fourth-order valence-corrected chi connectivity index (χ4v) is 2.33. The van der Waals surface area contributed by atoms with Crippen molar-refractivity contribution in [3.05, 3.63) is 6.07 Å². The Kier molecular flexibility index (Phi) is 5.91. The highest BCUT2D eigenvalue weighted by molar-refractivity contribution is 5.53. The molecule has 136 valence electrons. The SMILES string of the molecule is CC(C)(C)CNc1cc(NCC(C)(C)C)nc(N2CCNCC2)n1. The van der Waals surface area contributed by atoms with Crippen molar-refractivity contribution in [2.45, 2.75) is 41.5 Å². The lowest BCUT2D eigenvalue weighted by Gasteiger charge is -2.28. The molecule has 2 rings (SSSR count). The molecule has 2 heterocycles. The van der Waals surface area contributed by atoms with E-state index in [1.165, 1.54) is 0 Å². The number of aromatic nitrogens is 2. The average molecular weight is 335 g/mol. The summed E-state index contributed by atoms with van der Waals surface area (Å²) in [5, 5.41) is 10.3. The van der Waals surface area contributed by atoms with Crippen molar-refractivity contribution < 1.29 is 0 Å². The van der Waals surface area contributed by atoms with Gasteiger partial charge < -0.3 is 20.9 Å². The lowest BCUT2D eigenvalue weighted by atomic mass is 9.97. The molecule has 0 unspecified atom stereocenters. The third kappa shape index (κ3) is 6.51. The number of anilines is 3. The van der Waals surface area contributed by atoms with E-state index in [0.29, 0.717) is 0 Å². The standard InChI is InChI=1S/C18H34N6/c1-17(2,3)12-20-14-11-15(21-13-18(4,5)6)23-16(22-14)24-9-7-19-8-10-24/h11,19H,7-10,12-13H2,1-6H3,(H2,20,21,22,23). The molecule has 0 spiro atoms. The number of rotatable bonds is 5. The van der Waals surface area contributed by atoms with E-state index in [-0.39, 0.29) is 10.8 Å². The highest BCUT2D eigenvalue weighted by atomic mass is 15.3. The number of nitrogens with zero attached hydrogens (tertiary/aromatic N) is 3. The minimum absolute atomic E-state index is 0.207. The van der Waals surface area contributed by atoms with Gasteiger partial charge in [0.15, 0.2) is 0 Å². The fourth-order valence-electron chi connectivity index (χ4n) is 2.33. The quantitative estimate of drug-likeness (QED) is 0.769. The van der Waals surface area contributed by atoms with Crippen LogP contribution in [0.1, 0.15) is 41.5 Å². The first kappa shape index (κ1) is 18.8. The van der Waals surface area contributed by atoms with E-state index in [2.05, 4.69) is 62.4 Å². The molecule has 0 aliphatic carbocycles. The lowest BCUT2D eigenvalue weighted by molar-refractivity contribution is 0.441. The van der Waals surface area contributed by atoms with E-state index in [9.17, 15) is 0 Å². The Morgan fingerprint density at radius 3 is 1.79 bits per heavy atom. The van der Waals surface area contributed by atoms with Crippen LogP contribution in [-0.4, -0.2) is 49.2 Å². The van der Waals surface area contributed by atoms with E-state index in [4.69, 9.17) is 9.97 Å². The molecule has 24 heavy (non-hydrogen) atoms. The maximum absolute atomic E-state index is 4.74. The molecule has 0 bridgehead atoms. The topological polar surface area (TPSA) is 65.1 Å². The summed E-state index contributed by atoms with van der Waals surface area (Å²) in [6, 6.07) is 2.02. The highest BCUT2D eigenvalue weighted by Crippen LogP contribution is 2.21. The molecule has 1 saturated heterocycles. The summed E-state index contributed by atoms with van der Waals surface area (Å²) in [6.07, 6.45) is 0. The van der Waals surface area contributed by atoms with Crippen molar-refractivity contribution in [2.24, 2.45) is 10.8 Å². The minimum atomic E-state index is 0.207. The van der Waals surface area contributed by atoms with Crippen LogP contribution in [0.4, 0.5) is 17.6 Å². The van der Waals surface area contributed by atoms with Crippen LogP contribution in [0, 0.1) is 10.8 Å². The van der Waals surface area contributed by atoms with Crippen LogP contribution in [0.5, 0.6) is 0 Å². The predicted molar refractivity (Wildman–Crippen MR) is 103 cm³/mol. The third-order valence-corrected chi connectivity index (χ3v) is 3.71. The highest BCUT2D eigenvalue weighted by Gasteiger charge is 2.17. The molecule has 1 aliphatic rings. The van der Waals surface area contributed by atoms with E-state index in [1.54, 1.807) is 0 Å². The second kappa shape index (κ2) is 7.55. The molecule has 6 heteroatoms. The van der Waals surface area contributed by atoms with Crippen molar-refractivity contribution in [1.82, 2.24) is 15.3 Å². The van der Waals surface area contributed by atoms with E-state index < -0.39 is 0 Å². The number of hydrogen-bond acceptors (Lipinski definition) is 6. The Bertz CT molecular complexity index is 487. The van der Waals surface area contributed by atoms with Crippen molar-refractivity contribution in [3.63, 3.8) is 0 Å². The molecule has 3 N–H and O–H groups in total. The average Bonchev–Trinajstić information content (AvgIpc) is 2.50. The molecule has 6 nitrogen and oxygen atoms in total. The molecule has 0 atom stereocenters. The summed E-state index contributed by atoms with van der Waals surface area (Å²) in [6.45, 7) is 18.9. The maximum atomic E-state index is 4.74. The zero-order valence-corrected chi connectivity index (χ0v) is 16.2. The van der Waals surface area contributed by atoms with Gasteiger partial charge in [-0.25, -0.2) is 0 Å². The Balaban J connectivity index is 2.18. The third-order valence-electron chi connectivity index (χ3n) is 3.71. The number of hydrogen-bond donors (Lipinski definition) is 3. The molecule has 1 aromatic heterocycles. The summed E-state index contributed by atoms with van der Waals surface area (Å²) in [5.74, 6) is 2.60. The maximum Gasteiger partial charge on any atom is 0.229 e. The normalized spacial score (nSPS) is 16.2. The van der Waals surface area contributed by atoms with Gasteiger partial charge in [0, 0.05) is 45.3 Å². The first-order valence-corrected chi connectivity index (χ1v) is 8.95. The monoisotopic (exact) mass is 334 g/mol. The zero-order chi connectivity index (χ0) is 17.8. The fraction of sp³-hybridized carbons (Fsp3) is 0.778. The van der Waals surface area contributed by atoms with Gasteiger partial charge in [-0.05, 0) is 10.8 Å². The van der Waals surface area contributed by atoms with Crippen LogP contribution in [0.15, 0.2) is 6.07 Å². The summed E-state index contributed by atoms with van der Waals surface area (Å²) in [7, 11) is 0. The molecule has 1 aromatic rings. The minimum Gasteiger partial charge on any atom is -0.369 e. The second-order valence-electron chi connectivity index (χ2n) is 9.00. The van der Waals surface area contributed by atoms with Crippen LogP contribution >= 0.6 is 0 Å². The molecule has 1 aliphatic heterocycles. The summed E-state index contributed by atoms with van der Waals surface area (Å²) >= 11 is 0. The summed E-state index contributed by atoms with van der Waals surface area (Å²) in [4.78, 5) is 11.7. The van der Waals surface area contributed by atoms with Gasteiger partial charge in [-0.15, -0.1) is 0 Å². The Morgan fingerprint density at radius 1 is 0.917 bits per heavy atom. The predicted octanol–water partition coefficient (Wildman–Crippen LogP) is 2.80. The first-order valence-electron chi connectivity index (χ1n) is 8.95. The van der Waals surface area contributed by atoms with Gasteiger partial charge in [0.1, 0.15) is 11.6 Å². The van der Waals surface area contributed by atoms with Crippen LogP contribution in [0.2, 0.25) is 0 Å². The first-order chi connectivity index (χ1) is 11.1. The Labute approximate surface area is 146 Å². The number of nitrogens with one attached hydrogen (secondary N) is 3. The summed E-state index contributed by atoms with van der Waals surface area (Å²) < 4.78 is 0. The molecular weight excluding hydrogens is 300 g/mol. The van der Waals surface area contributed by atoms with Gasteiger partial charge in [-0.3, -0.25) is 0 Å². The van der Waals surface area contributed by atoms with Gasteiger partial charge in [0.05, 0.1) is 0 Å². The van der Waals surface area contributed by atoms with Crippen LogP contribution in [-0.2, 0) is 0 Å². The number of piperazine rings is 1. The van der Waals surface area contributed by atoms with Gasteiger partial charge in [0.25, 0.3) is 0 Å². The molecule has 0 aromatic carbocycles. The van der Waals surface area contributed by atoms with Crippen LogP contribution in [0.25, 0.3) is 0 Å². The van der Waals surface area contributed by atoms with E-state index in [0.717, 1.165) is 56.9 Å². The Hall–Kier alpha value is -1.56. The Morgan fingerprint density at radius 2 is 1.38 bits per heavy atom. The van der Waals surface area contributed by atoms with Gasteiger partial charge in [0.2, 0.25) is 5.95 Å². The van der Waals surface area contributed by atoms with Gasteiger partial charge >= 0.3 is 0 Å². The van der Waals surface area contributed by atoms with Crippen LogP contribution in [0.3, 0.4) is 0 Å². The van der Waals surface area contributed by atoms with Crippen molar-refractivity contribution in [2.75, 3.05) is 54.8 Å². The van der Waals surface area contributed by atoms with E-state index >= 15 is 0 Å². The molecule has 0 amide bonds. The van der Waals surface area contributed by atoms with Gasteiger partial charge in [-0.1, -0.05) is 41.5 Å². The molecule has 0 radical (unpaired) electrons. The second-order valence-corrected chi connectivity index (χ2v) is 9.00. The molecular formula is C18H34N6. The largest absolute Gasteiger partial charge is 0.369 e. The van der Waals surface area contributed by atoms with Gasteiger partial charge in [-0.2, -0.15) is 9.97 Å². The lowest BCUT2D eigenvalue weighted by Crippen LogP contribution is -2.44. The smallest absolute Gasteiger partial charge is 0.229 e. The van der Waals surface area contributed by atoms with E-state index in [1.807, 2.05) is 6.07 Å². The summed E-state index contributed by atoms with van der Waals surface area (Å²) in [5.41, 5.74) is 0.415. The molecule has 0 saturated carbocycles. The van der Waals surface area contributed by atoms with Crippen molar-refractivity contribution in [1.29, 1.82) is 0 Å². The van der Waals surface area contributed by atoms with Crippen molar-refractivity contribution >= 4 is 17.6 Å². The zero-order valence-electron chi connectivity index (χ0n) is 16.2. The van der Waals surface area contributed by atoms with Crippen LogP contribution < -0.4 is 20.9 Å². The van der Waals surface area contributed by atoms with Crippen molar-refractivity contribution in [3.8, 4) is 0 Å².